The third-order valence-corrected chi connectivity index (χ3v) is 5.80. The monoisotopic (exact) mass is 389 g/mol. The third-order valence-electron chi connectivity index (χ3n) is 5.80. The fourth-order valence-electron chi connectivity index (χ4n) is 4.06. The summed E-state index contributed by atoms with van der Waals surface area (Å²) in [5, 5.41) is 0. The Balaban J connectivity index is 1.87. The van der Waals surface area contributed by atoms with Crippen LogP contribution < -0.4 is 4.90 Å². The van der Waals surface area contributed by atoms with Crippen LogP contribution >= 0.6 is 0 Å². The van der Waals surface area contributed by atoms with Crippen LogP contribution in [0.1, 0.15) is 64.2 Å². The second-order valence-corrected chi connectivity index (χ2v) is 8.15. The number of carbonyl (C=O) groups is 2. The van der Waals surface area contributed by atoms with E-state index in [1.165, 1.54) is 6.42 Å². The Morgan fingerprint density at radius 2 is 1.75 bits per heavy atom. The molecule has 0 saturated heterocycles. The summed E-state index contributed by atoms with van der Waals surface area (Å²) in [6.07, 6.45) is 3.06. The molecule has 28 heavy (non-hydrogen) atoms. The van der Waals surface area contributed by atoms with E-state index in [0.29, 0.717) is 23.3 Å². The van der Waals surface area contributed by atoms with Gasteiger partial charge in [0.25, 0.3) is 0 Å². The van der Waals surface area contributed by atoms with Crippen LogP contribution in [0.15, 0.2) is 24.3 Å². The van der Waals surface area contributed by atoms with E-state index in [2.05, 4.69) is 39.5 Å². The third kappa shape index (κ3) is 5.98. The number of esters is 2. The predicted octanol–water partition coefficient (Wildman–Crippen LogP) is 4.69. The Hall–Kier alpha value is -2.04. The first kappa shape index (κ1) is 22.3. The first-order valence-corrected chi connectivity index (χ1v) is 10.6. The molecule has 1 aromatic rings. The van der Waals surface area contributed by atoms with Gasteiger partial charge in [-0.15, -0.1) is 0 Å². The van der Waals surface area contributed by atoms with E-state index in [4.69, 9.17) is 9.47 Å². The van der Waals surface area contributed by atoms with Gasteiger partial charge in [-0.3, -0.25) is 0 Å². The summed E-state index contributed by atoms with van der Waals surface area (Å²) in [6, 6.07) is 7.27. The topological polar surface area (TPSA) is 55.8 Å². The van der Waals surface area contributed by atoms with Crippen LogP contribution in [0.4, 0.5) is 5.69 Å². The van der Waals surface area contributed by atoms with Gasteiger partial charge in [-0.25, -0.2) is 9.59 Å². The van der Waals surface area contributed by atoms with Crippen LogP contribution in [0, 0.1) is 17.8 Å². The summed E-state index contributed by atoms with van der Waals surface area (Å²) >= 11 is 0. The number of hydrogen-bond acceptors (Lipinski definition) is 5. The van der Waals surface area contributed by atoms with Crippen molar-refractivity contribution in [2.24, 2.45) is 17.8 Å². The van der Waals surface area contributed by atoms with Crippen LogP contribution in [0.2, 0.25) is 0 Å². The minimum absolute atomic E-state index is 0.0803. The zero-order chi connectivity index (χ0) is 20.7. The molecule has 0 aromatic heterocycles. The predicted molar refractivity (Wildman–Crippen MR) is 112 cm³/mol. The standard InChI is InChI=1S/C23H35NO4/c1-6-24(7-2)19-11-9-18(10-12-19)23(26)27-15-22(25)28-21-14-17(5)8-13-20(21)16(3)4/h9-12,16-17,20-21H,6-8,13-15H2,1-5H3. The lowest BCUT2D eigenvalue weighted by Crippen LogP contribution is -2.36. The molecule has 0 spiro atoms. The number of ether oxygens (including phenoxy) is 2. The molecule has 0 aliphatic heterocycles. The Morgan fingerprint density at radius 1 is 1.11 bits per heavy atom. The zero-order valence-electron chi connectivity index (χ0n) is 17.9. The second-order valence-electron chi connectivity index (χ2n) is 8.15. The quantitative estimate of drug-likeness (QED) is 0.604. The molecule has 1 aliphatic rings. The molecule has 1 saturated carbocycles. The van der Waals surface area contributed by atoms with Gasteiger partial charge in [0, 0.05) is 18.8 Å². The Morgan fingerprint density at radius 3 is 2.32 bits per heavy atom. The van der Waals surface area contributed by atoms with Gasteiger partial charge in [0.15, 0.2) is 6.61 Å². The van der Waals surface area contributed by atoms with Crippen molar-refractivity contribution >= 4 is 17.6 Å². The van der Waals surface area contributed by atoms with E-state index in [1.54, 1.807) is 12.1 Å². The lowest BCUT2D eigenvalue weighted by Gasteiger charge is -2.36. The van der Waals surface area contributed by atoms with Crippen LogP contribution in [0.5, 0.6) is 0 Å². The summed E-state index contributed by atoms with van der Waals surface area (Å²) in [5.74, 6) is 0.443. The van der Waals surface area contributed by atoms with Gasteiger partial charge in [0.2, 0.25) is 0 Å². The number of carbonyl (C=O) groups excluding carboxylic acids is 2. The molecular weight excluding hydrogens is 354 g/mol. The highest BCUT2D eigenvalue weighted by Crippen LogP contribution is 2.35. The van der Waals surface area contributed by atoms with E-state index in [1.807, 2.05) is 12.1 Å². The molecule has 0 amide bonds. The normalized spacial score (nSPS) is 22.0. The van der Waals surface area contributed by atoms with Gasteiger partial charge in [-0.2, -0.15) is 0 Å². The molecule has 1 fully saturated rings. The maximum absolute atomic E-state index is 12.2. The lowest BCUT2D eigenvalue weighted by molar-refractivity contribution is -0.159. The van der Waals surface area contributed by atoms with E-state index in [0.717, 1.165) is 31.6 Å². The van der Waals surface area contributed by atoms with Crippen LogP contribution in [0.25, 0.3) is 0 Å². The largest absolute Gasteiger partial charge is 0.460 e. The van der Waals surface area contributed by atoms with Crippen molar-refractivity contribution in [3.63, 3.8) is 0 Å². The second kappa shape index (κ2) is 10.5. The van der Waals surface area contributed by atoms with Crippen molar-refractivity contribution in [1.29, 1.82) is 0 Å². The first-order valence-electron chi connectivity index (χ1n) is 10.6. The molecule has 1 aliphatic carbocycles. The first-order chi connectivity index (χ1) is 13.3. The summed E-state index contributed by atoms with van der Waals surface area (Å²) in [5.41, 5.74) is 1.50. The van der Waals surface area contributed by atoms with Gasteiger partial charge in [0.05, 0.1) is 5.56 Å². The van der Waals surface area contributed by atoms with Crippen LogP contribution in [-0.4, -0.2) is 37.7 Å². The molecule has 0 radical (unpaired) electrons. The van der Waals surface area contributed by atoms with E-state index in [-0.39, 0.29) is 12.7 Å². The molecule has 156 valence electrons. The molecule has 5 heteroatoms. The van der Waals surface area contributed by atoms with Crippen molar-refractivity contribution in [3.8, 4) is 0 Å². The van der Waals surface area contributed by atoms with Gasteiger partial charge in [-0.05, 0) is 68.7 Å². The van der Waals surface area contributed by atoms with Gasteiger partial charge < -0.3 is 14.4 Å². The molecule has 0 N–H and O–H groups in total. The van der Waals surface area contributed by atoms with Crippen molar-refractivity contribution in [2.75, 3.05) is 24.6 Å². The molecular formula is C23H35NO4. The maximum atomic E-state index is 12.2. The van der Waals surface area contributed by atoms with Crippen molar-refractivity contribution in [2.45, 2.75) is 60.0 Å². The minimum atomic E-state index is -0.500. The molecule has 3 unspecified atom stereocenters. The highest BCUT2D eigenvalue weighted by Gasteiger charge is 2.33. The molecule has 2 rings (SSSR count). The molecule has 5 nitrogen and oxygen atoms in total. The Kier molecular flexibility index (Phi) is 8.34. The summed E-state index contributed by atoms with van der Waals surface area (Å²) in [4.78, 5) is 26.7. The number of nitrogens with zero attached hydrogens (tertiary/aromatic N) is 1. The fraction of sp³-hybridized carbons (Fsp3) is 0.652. The average Bonchev–Trinajstić information content (AvgIpc) is 2.67. The zero-order valence-corrected chi connectivity index (χ0v) is 17.9. The highest BCUT2D eigenvalue weighted by molar-refractivity contribution is 5.91. The van der Waals surface area contributed by atoms with E-state index >= 15 is 0 Å². The maximum Gasteiger partial charge on any atom is 0.344 e. The van der Waals surface area contributed by atoms with Crippen LogP contribution in [0.3, 0.4) is 0 Å². The molecule has 0 bridgehead atoms. The smallest absolute Gasteiger partial charge is 0.344 e. The summed E-state index contributed by atoms with van der Waals surface area (Å²) in [6.45, 7) is 12.2. The molecule has 1 aromatic carbocycles. The lowest BCUT2D eigenvalue weighted by atomic mass is 9.75. The highest BCUT2D eigenvalue weighted by atomic mass is 16.6. The Bertz CT molecular complexity index is 637. The van der Waals surface area contributed by atoms with Crippen molar-refractivity contribution in [3.05, 3.63) is 29.8 Å². The number of anilines is 1. The molecule has 3 atom stereocenters. The number of hydrogen-bond donors (Lipinski definition) is 0. The van der Waals surface area contributed by atoms with E-state index < -0.39 is 11.9 Å². The van der Waals surface area contributed by atoms with E-state index in [9.17, 15) is 9.59 Å². The minimum Gasteiger partial charge on any atom is -0.460 e. The number of rotatable bonds is 8. The van der Waals surface area contributed by atoms with Gasteiger partial charge in [0.1, 0.15) is 6.10 Å². The SMILES string of the molecule is CCN(CC)c1ccc(C(=O)OCC(=O)OC2CC(C)CCC2C(C)C)cc1. The number of benzene rings is 1. The van der Waals surface area contributed by atoms with Gasteiger partial charge >= 0.3 is 11.9 Å². The summed E-state index contributed by atoms with van der Waals surface area (Å²) in [7, 11) is 0. The van der Waals surface area contributed by atoms with Crippen LogP contribution in [-0.2, 0) is 14.3 Å². The fourth-order valence-corrected chi connectivity index (χ4v) is 4.06. The van der Waals surface area contributed by atoms with Gasteiger partial charge in [-0.1, -0.05) is 27.2 Å². The summed E-state index contributed by atoms with van der Waals surface area (Å²) < 4.78 is 10.9. The van der Waals surface area contributed by atoms with Crippen molar-refractivity contribution < 1.29 is 19.1 Å². The molecule has 0 heterocycles. The Labute approximate surface area is 169 Å². The van der Waals surface area contributed by atoms with Crippen molar-refractivity contribution in [1.82, 2.24) is 0 Å². The average molecular weight is 390 g/mol.